The number of rotatable bonds is 5. The molecule has 2 N–H and O–H groups in total. The van der Waals surface area contributed by atoms with Crippen molar-refractivity contribution in [1.82, 2.24) is 10.2 Å². The maximum atomic E-state index is 9.83. The van der Waals surface area contributed by atoms with Crippen LogP contribution < -0.4 is 5.32 Å². The lowest BCUT2D eigenvalue weighted by atomic mass is 10.1. The Morgan fingerprint density at radius 3 is 2.95 bits per heavy atom. The monoisotopic (exact) mass is 280 g/mol. The van der Waals surface area contributed by atoms with Gasteiger partial charge in [0.15, 0.2) is 0 Å². The molecule has 2 fully saturated rings. The lowest BCUT2D eigenvalue weighted by Gasteiger charge is -2.15. The van der Waals surface area contributed by atoms with Crippen LogP contribution in [-0.2, 0) is 6.54 Å². The summed E-state index contributed by atoms with van der Waals surface area (Å²) in [7, 11) is 0. The first kappa shape index (κ1) is 13.2. The highest BCUT2D eigenvalue weighted by Crippen LogP contribution is 2.31. The van der Waals surface area contributed by atoms with Crippen LogP contribution >= 0.6 is 11.6 Å². The van der Waals surface area contributed by atoms with E-state index in [0.717, 1.165) is 24.1 Å². The molecular formula is C15H21ClN2O. The number of aromatic hydroxyl groups is 1. The number of para-hydroxylation sites is 1. The zero-order valence-electron chi connectivity index (χ0n) is 11.1. The molecule has 1 unspecified atom stereocenters. The molecule has 0 spiro atoms. The summed E-state index contributed by atoms with van der Waals surface area (Å²) in [5.41, 5.74) is 0.879. The Morgan fingerprint density at radius 2 is 2.16 bits per heavy atom. The van der Waals surface area contributed by atoms with E-state index < -0.39 is 0 Å². The van der Waals surface area contributed by atoms with Gasteiger partial charge < -0.3 is 15.3 Å². The van der Waals surface area contributed by atoms with Gasteiger partial charge in [-0.2, -0.15) is 0 Å². The molecule has 1 saturated heterocycles. The number of halogens is 1. The van der Waals surface area contributed by atoms with Crippen LogP contribution in [0.15, 0.2) is 18.2 Å². The minimum absolute atomic E-state index is 0.211. The fourth-order valence-electron chi connectivity index (χ4n) is 2.91. The van der Waals surface area contributed by atoms with Crippen LogP contribution in [0.3, 0.4) is 0 Å². The molecule has 1 aromatic rings. The summed E-state index contributed by atoms with van der Waals surface area (Å²) in [4.78, 5) is 2.63. The van der Waals surface area contributed by atoms with Crippen molar-refractivity contribution < 1.29 is 5.11 Å². The number of hydrogen-bond acceptors (Lipinski definition) is 3. The van der Waals surface area contributed by atoms with Crippen LogP contribution in [0.25, 0.3) is 0 Å². The van der Waals surface area contributed by atoms with Crippen LogP contribution in [-0.4, -0.2) is 35.7 Å². The molecule has 1 saturated carbocycles. The Hall–Kier alpha value is -0.770. The van der Waals surface area contributed by atoms with Gasteiger partial charge in [-0.1, -0.05) is 23.7 Å². The molecule has 3 nitrogen and oxygen atoms in total. The van der Waals surface area contributed by atoms with Gasteiger partial charge in [0.2, 0.25) is 0 Å². The van der Waals surface area contributed by atoms with Gasteiger partial charge in [-0.3, -0.25) is 0 Å². The van der Waals surface area contributed by atoms with E-state index in [1.54, 1.807) is 6.07 Å². The summed E-state index contributed by atoms with van der Waals surface area (Å²) in [5.74, 6) is 0.963. The first-order chi connectivity index (χ1) is 9.24. The zero-order valence-corrected chi connectivity index (χ0v) is 11.9. The lowest BCUT2D eigenvalue weighted by molar-refractivity contribution is 0.311. The number of phenolic OH excluding ortho intramolecular Hbond substituents is 1. The third kappa shape index (κ3) is 3.22. The van der Waals surface area contributed by atoms with Crippen molar-refractivity contribution in [1.29, 1.82) is 0 Å². The number of benzene rings is 1. The van der Waals surface area contributed by atoms with E-state index in [9.17, 15) is 5.11 Å². The zero-order chi connectivity index (χ0) is 13.2. The van der Waals surface area contributed by atoms with E-state index in [0.29, 0.717) is 11.6 Å². The van der Waals surface area contributed by atoms with Crippen LogP contribution in [0.5, 0.6) is 5.75 Å². The summed E-state index contributed by atoms with van der Waals surface area (Å²) in [6.07, 6.45) is 4.10. The molecule has 1 aliphatic carbocycles. The second-order valence-electron chi connectivity index (χ2n) is 5.76. The molecular weight excluding hydrogens is 260 g/mol. The molecule has 0 bridgehead atoms. The van der Waals surface area contributed by atoms with Crippen molar-refractivity contribution in [3.63, 3.8) is 0 Å². The third-order valence-corrected chi connectivity index (χ3v) is 4.50. The summed E-state index contributed by atoms with van der Waals surface area (Å²) in [6, 6.07) is 6.40. The van der Waals surface area contributed by atoms with Gasteiger partial charge in [-0.15, -0.1) is 0 Å². The average molecular weight is 281 g/mol. The molecule has 19 heavy (non-hydrogen) atoms. The standard InChI is InChI=1S/C15H21ClN2O/c16-14-3-1-2-12(15(14)19)9-17-8-11-6-7-18(10-11)13-4-5-13/h1-3,11,13,17,19H,4-10H2. The number of nitrogens with one attached hydrogen (secondary N) is 1. The number of nitrogens with zero attached hydrogens (tertiary/aromatic N) is 1. The maximum absolute atomic E-state index is 9.83. The predicted molar refractivity (Wildman–Crippen MR) is 77.5 cm³/mol. The first-order valence-corrected chi connectivity index (χ1v) is 7.53. The van der Waals surface area contributed by atoms with Gasteiger partial charge in [0.1, 0.15) is 5.75 Å². The average Bonchev–Trinajstić information content (AvgIpc) is 3.15. The van der Waals surface area contributed by atoms with E-state index >= 15 is 0 Å². The lowest BCUT2D eigenvalue weighted by Crippen LogP contribution is -2.27. The minimum atomic E-state index is 0.211. The maximum Gasteiger partial charge on any atom is 0.138 e. The van der Waals surface area contributed by atoms with E-state index in [1.165, 1.54) is 32.4 Å². The summed E-state index contributed by atoms with van der Waals surface area (Å²) < 4.78 is 0. The third-order valence-electron chi connectivity index (χ3n) is 4.20. The van der Waals surface area contributed by atoms with E-state index in [1.807, 2.05) is 12.1 Å². The molecule has 3 rings (SSSR count). The highest BCUT2D eigenvalue weighted by Gasteiger charge is 2.33. The topological polar surface area (TPSA) is 35.5 Å². The van der Waals surface area contributed by atoms with Gasteiger partial charge in [-0.05, 0) is 44.3 Å². The van der Waals surface area contributed by atoms with Crippen LogP contribution in [0.4, 0.5) is 0 Å². The van der Waals surface area contributed by atoms with Crippen molar-refractivity contribution in [2.75, 3.05) is 19.6 Å². The van der Waals surface area contributed by atoms with Gasteiger partial charge in [0, 0.05) is 24.7 Å². The Bertz CT molecular complexity index is 448. The molecule has 0 radical (unpaired) electrons. The second-order valence-corrected chi connectivity index (χ2v) is 6.17. The smallest absolute Gasteiger partial charge is 0.138 e. The Morgan fingerprint density at radius 1 is 1.32 bits per heavy atom. The fourth-order valence-corrected chi connectivity index (χ4v) is 3.11. The molecule has 104 valence electrons. The van der Waals surface area contributed by atoms with Crippen molar-refractivity contribution in [2.45, 2.75) is 31.8 Å². The van der Waals surface area contributed by atoms with Crippen LogP contribution in [0.1, 0.15) is 24.8 Å². The van der Waals surface area contributed by atoms with Gasteiger partial charge >= 0.3 is 0 Å². The highest BCUT2D eigenvalue weighted by molar-refractivity contribution is 6.32. The molecule has 0 aromatic heterocycles. The Kier molecular flexibility index (Phi) is 3.96. The first-order valence-electron chi connectivity index (χ1n) is 7.15. The summed E-state index contributed by atoms with van der Waals surface area (Å²) in [5, 5.41) is 13.7. The van der Waals surface area contributed by atoms with Crippen LogP contribution in [0.2, 0.25) is 5.02 Å². The van der Waals surface area contributed by atoms with Gasteiger partial charge in [0.25, 0.3) is 0 Å². The van der Waals surface area contributed by atoms with Crippen molar-refractivity contribution in [3.8, 4) is 5.75 Å². The Balaban J connectivity index is 1.44. The number of hydrogen-bond donors (Lipinski definition) is 2. The number of likely N-dealkylation sites (tertiary alicyclic amines) is 1. The largest absolute Gasteiger partial charge is 0.506 e. The Labute approximate surface area is 119 Å². The van der Waals surface area contributed by atoms with E-state index in [4.69, 9.17) is 11.6 Å². The quantitative estimate of drug-likeness (QED) is 0.870. The second kappa shape index (κ2) is 5.70. The molecule has 1 atom stereocenters. The minimum Gasteiger partial charge on any atom is -0.506 e. The van der Waals surface area contributed by atoms with Crippen LogP contribution in [0, 0.1) is 5.92 Å². The molecule has 0 amide bonds. The van der Waals surface area contributed by atoms with Gasteiger partial charge in [0.05, 0.1) is 5.02 Å². The number of phenols is 1. The highest BCUT2D eigenvalue weighted by atomic mass is 35.5. The van der Waals surface area contributed by atoms with E-state index in [2.05, 4.69) is 10.2 Å². The molecule has 2 aliphatic rings. The van der Waals surface area contributed by atoms with Gasteiger partial charge in [-0.25, -0.2) is 0 Å². The normalized spacial score (nSPS) is 23.9. The van der Waals surface area contributed by atoms with Crippen molar-refractivity contribution in [3.05, 3.63) is 28.8 Å². The molecule has 1 heterocycles. The molecule has 4 heteroatoms. The SMILES string of the molecule is Oc1c(Cl)cccc1CNCC1CCN(C2CC2)C1. The molecule has 1 aromatic carbocycles. The fraction of sp³-hybridized carbons (Fsp3) is 0.600. The summed E-state index contributed by atoms with van der Waals surface area (Å²) >= 11 is 5.90. The van der Waals surface area contributed by atoms with Crippen molar-refractivity contribution >= 4 is 11.6 Å². The van der Waals surface area contributed by atoms with E-state index in [-0.39, 0.29) is 5.75 Å². The molecule has 1 aliphatic heterocycles. The predicted octanol–water partition coefficient (Wildman–Crippen LogP) is 2.62. The van der Waals surface area contributed by atoms with Crippen molar-refractivity contribution in [2.24, 2.45) is 5.92 Å². The summed E-state index contributed by atoms with van der Waals surface area (Å²) in [6.45, 7) is 4.21.